The molecule has 1 fully saturated rings. The molecule has 0 amide bonds. The maximum atomic E-state index is 6.62. The molecule has 7 heteroatoms. The fraction of sp³-hybridized carbons (Fsp3) is 0.483. The summed E-state index contributed by atoms with van der Waals surface area (Å²) in [6.45, 7) is 16.4. The van der Waals surface area contributed by atoms with E-state index in [1.54, 1.807) is 0 Å². The van der Waals surface area contributed by atoms with Gasteiger partial charge in [-0.2, -0.15) is 4.99 Å². The zero-order chi connectivity index (χ0) is 26.0. The highest BCUT2D eigenvalue weighted by atomic mass is 15.3. The van der Waals surface area contributed by atoms with Crippen LogP contribution in [0.25, 0.3) is 0 Å². The second-order valence-corrected chi connectivity index (χ2v) is 11.1. The molecule has 0 bridgehead atoms. The minimum absolute atomic E-state index is 0.0398. The second-order valence-electron chi connectivity index (χ2n) is 11.1. The predicted octanol–water partition coefficient (Wildman–Crippen LogP) is 4.50. The number of likely N-dealkylation sites (N-methyl/N-ethyl adjacent to an activating group) is 1. The molecule has 7 nitrogen and oxygen atoms in total. The fourth-order valence-corrected chi connectivity index (χ4v) is 4.72. The highest BCUT2D eigenvalue weighted by molar-refractivity contribution is 6.01. The van der Waals surface area contributed by atoms with Crippen LogP contribution in [0.3, 0.4) is 0 Å². The molecule has 192 valence electrons. The molecule has 0 aliphatic carbocycles. The Bertz CT molecular complexity index is 1140. The molecule has 2 aliphatic heterocycles. The molecule has 2 unspecified atom stereocenters. The van der Waals surface area contributed by atoms with E-state index in [1.165, 1.54) is 16.8 Å². The van der Waals surface area contributed by atoms with Crippen molar-refractivity contribution in [3.05, 3.63) is 59.2 Å². The number of rotatable bonds is 3. The third kappa shape index (κ3) is 5.72. The molecule has 2 aromatic carbocycles. The molecule has 0 aromatic heterocycles. The van der Waals surface area contributed by atoms with Gasteiger partial charge in [-0.3, -0.25) is 4.99 Å². The third-order valence-corrected chi connectivity index (χ3v) is 7.19. The normalized spacial score (nSPS) is 21.5. The standard InChI is InChI=1S/C29H41N7/c1-20-8-12-24(13-9-20)35-14-16-36(17-15-35)28(30)33-27(26-22(3)31-19-34(26)7)32-25-18-23(29(4,5)6)11-10-21(25)2/h8-13,18-19,22,26H,14-17H2,1-7H3,(H2,30,32,33). The number of nitrogens with two attached hydrogens (primary N) is 1. The number of amidine groups is 1. The van der Waals surface area contributed by atoms with Crippen molar-refractivity contribution >= 4 is 29.5 Å². The van der Waals surface area contributed by atoms with Crippen molar-refractivity contribution < 1.29 is 0 Å². The lowest BCUT2D eigenvalue weighted by molar-refractivity contribution is 0.381. The molecule has 0 saturated carbocycles. The SMILES string of the molecule is Cc1ccc(N2CCN(C(N)=NC(=Nc3cc(C(C)(C)C)ccc3C)C3C(C)N=CN3C)CC2)cc1. The van der Waals surface area contributed by atoms with Crippen molar-refractivity contribution in [2.75, 3.05) is 38.1 Å². The summed E-state index contributed by atoms with van der Waals surface area (Å²) in [6.07, 6.45) is 1.87. The smallest absolute Gasteiger partial charge is 0.197 e. The van der Waals surface area contributed by atoms with Gasteiger partial charge in [0.05, 0.1) is 18.1 Å². The van der Waals surface area contributed by atoms with Crippen LogP contribution in [-0.4, -0.2) is 73.2 Å². The van der Waals surface area contributed by atoms with Crippen LogP contribution in [-0.2, 0) is 5.41 Å². The Morgan fingerprint density at radius 3 is 2.25 bits per heavy atom. The van der Waals surface area contributed by atoms with Gasteiger partial charge in [0.15, 0.2) is 11.8 Å². The van der Waals surface area contributed by atoms with E-state index in [9.17, 15) is 0 Å². The first-order valence-electron chi connectivity index (χ1n) is 12.9. The summed E-state index contributed by atoms with van der Waals surface area (Å²) in [5.74, 6) is 1.23. The summed E-state index contributed by atoms with van der Waals surface area (Å²) in [5, 5.41) is 0. The van der Waals surface area contributed by atoms with Crippen LogP contribution in [0, 0.1) is 13.8 Å². The maximum absolute atomic E-state index is 6.62. The van der Waals surface area contributed by atoms with Crippen molar-refractivity contribution in [2.24, 2.45) is 20.7 Å². The van der Waals surface area contributed by atoms with E-state index in [2.05, 4.69) is 104 Å². The largest absolute Gasteiger partial charge is 0.369 e. The first kappa shape index (κ1) is 25.7. The van der Waals surface area contributed by atoms with Crippen molar-refractivity contribution in [2.45, 2.75) is 59.0 Å². The Morgan fingerprint density at radius 1 is 1.00 bits per heavy atom. The number of hydrogen-bond donors (Lipinski definition) is 1. The van der Waals surface area contributed by atoms with Crippen LogP contribution >= 0.6 is 0 Å². The van der Waals surface area contributed by atoms with Crippen molar-refractivity contribution in [1.82, 2.24) is 9.80 Å². The number of nitrogens with zero attached hydrogens (tertiary/aromatic N) is 6. The topological polar surface area (TPSA) is 72.8 Å². The monoisotopic (exact) mass is 487 g/mol. The van der Waals surface area contributed by atoms with Gasteiger partial charge < -0.3 is 20.4 Å². The molecule has 0 radical (unpaired) electrons. The van der Waals surface area contributed by atoms with Gasteiger partial charge in [0.1, 0.15) is 6.04 Å². The van der Waals surface area contributed by atoms with E-state index < -0.39 is 0 Å². The summed E-state index contributed by atoms with van der Waals surface area (Å²) < 4.78 is 0. The lowest BCUT2D eigenvalue weighted by Gasteiger charge is -2.36. The number of anilines is 1. The molecule has 2 aliphatic rings. The first-order valence-corrected chi connectivity index (χ1v) is 12.9. The molecule has 2 N–H and O–H groups in total. The zero-order valence-electron chi connectivity index (χ0n) is 22.9. The Balaban J connectivity index is 1.60. The Morgan fingerprint density at radius 2 is 1.67 bits per heavy atom. The molecule has 36 heavy (non-hydrogen) atoms. The quantitative estimate of drug-likeness (QED) is 0.511. The van der Waals surface area contributed by atoms with E-state index in [4.69, 9.17) is 15.7 Å². The van der Waals surface area contributed by atoms with Gasteiger partial charge in [0.2, 0.25) is 0 Å². The van der Waals surface area contributed by atoms with Gasteiger partial charge in [0.25, 0.3) is 0 Å². The zero-order valence-corrected chi connectivity index (χ0v) is 22.9. The van der Waals surface area contributed by atoms with E-state index in [0.717, 1.165) is 37.4 Å². The second kappa shape index (κ2) is 10.3. The predicted molar refractivity (Wildman–Crippen MR) is 153 cm³/mol. The minimum Gasteiger partial charge on any atom is -0.369 e. The highest BCUT2D eigenvalue weighted by Crippen LogP contribution is 2.29. The number of aliphatic imine (C=N–C) groups is 3. The summed E-state index contributed by atoms with van der Waals surface area (Å²) in [6, 6.07) is 15.2. The van der Waals surface area contributed by atoms with Crippen LogP contribution in [0.15, 0.2) is 57.4 Å². The summed E-state index contributed by atoms with van der Waals surface area (Å²) in [7, 11) is 2.03. The molecular formula is C29H41N7. The van der Waals surface area contributed by atoms with E-state index in [-0.39, 0.29) is 17.5 Å². The average Bonchev–Trinajstić information content (AvgIpc) is 3.17. The van der Waals surface area contributed by atoms with E-state index in [0.29, 0.717) is 11.8 Å². The lowest BCUT2D eigenvalue weighted by atomic mass is 9.86. The average molecular weight is 488 g/mol. The number of aryl methyl sites for hydroxylation is 2. The Hall–Kier alpha value is -3.35. The molecule has 2 atom stereocenters. The van der Waals surface area contributed by atoms with Gasteiger partial charge in [-0.15, -0.1) is 0 Å². The fourth-order valence-electron chi connectivity index (χ4n) is 4.72. The lowest BCUT2D eigenvalue weighted by Crippen LogP contribution is -2.52. The number of piperazine rings is 1. The van der Waals surface area contributed by atoms with Gasteiger partial charge >= 0.3 is 0 Å². The molecule has 1 saturated heterocycles. The van der Waals surface area contributed by atoms with Gasteiger partial charge in [-0.05, 0) is 55.5 Å². The molecular weight excluding hydrogens is 446 g/mol. The van der Waals surface area contributed by atoms with Crippen LogP contribution in [0.4, 0.5) is 11.4 Å². The number of benzene rings is 2. The van der Waals surface area contributed by atoms with Crippen LogP contribution in [0.1, 0.15) is 44.4 Å². The van der Waals surface area contributed by atoms with Gasteiger partial charge in [0, 0.05) is 38.9 Å². The minimum atomic E-state index is -0.0601. The van der Waals surface area contributed by atoms with E-state index >= 15 is 0 Å². The van der Waals surface area contributed by atoms with Gasteiger partial charge in [-0.1, -0.05) is 50.6 Å². The molecule has 0 spiro atoms. The van der Waals surface area contributed by atoms with Crippen LogP contribution < -0.4 is 10.6 Å². The summed E-state index contributed by atoms with van der Waals surface area (Å²) in [4.78, 5) is 21.3. The van der Waals surface area contributed by atoms with Crippen molar-refractivity contribution in [3.8, 4) is 0 Å². The summed E-state index contributed by atoms with van der Waals surface area (Å²) in [5.41, 5.74) is 12.5. The van der Waals surface area contributed by atoms with E-state index in [1.807, 2.05) is 13.4 Å². The first-order chi connectivity index (χ1) is 17.0. The molecule has 4 rings (SSSR count). The van der Waals surface area contributed by atoms with Crippen LogP contribution in [0.5, 0.6) is 0 Å². The van der Waals surface area contributed by atoms with Crippen LogP contribution in [0.2, 0.25) is 0 Å². The van der Waals surface area contributed by atoms with Crippen molar-refractivity contribution in [3.63, 3.8) is 0 Å². The Labute approximate surface area is 216 Å². The van der Waals surface area contributed by atoms with Gasteiger partial charge in [-0.25, -0.2) is 4.99 Å². The third-order valence-electron chi connectivity index (χ3n) is 7.19. The highest BCUT2D eigenvalue weighted by Gasteiger charge is 2.31. The number of hydrogen-bond acceptors (Lipinski definition) is 4. The maximum Gasteiger partial charge on any atom is 0.197 e. The molecule has 2 aromatic rings. The summed E-state index contributed by atoms with van der Waals surface area (Å²) >= 11 is 0. The number of guanidine groups is 1. The van der Waals surface area contributed by atoms with Crippen molar-refractivity contribution in [1.29, 1.82) is 0 Å². The Kier molecular flexibility index (Phi) is 7.38. The molecule has 2 heterocycles.